The third-order valence-corrected chi connectivity index (χ3v) is 25.1. The van der Waals surface area contributed by atoms with Crippen LogP contribution in [0.5, 0.6) is 34.5 Å². The number of sulfonamides is 4. The van der Waals surface area contributed by atoms with Gasteiger partial charge in [0.15, 0.2) is 36.9 Å². The normalized spacial score (nSPS) is 14.4. The molecule has 3 amide bonds. The third-order valence-electron chi connectivity index (χ3n) is 18.6. The molecule has 0 saturated heterocycles. The highest BCUT2D eigenvalue weighted by atomic mass is 79.9. The zero-order valence-electron chi connectivity index (χ0n) is 70.4. The second kappa shape index (κ2) is 42.0. The van der Waals surface area contributed by atoms with Crippen LogP contribution in [0.4, 0.5) is 20.4 Å². The maximum Gasteiger partial charge on any atom is 0.488 e. The Morgan fingerprint density at radius 3 is 1.09 bits per heavy atom. The number of carboxylic acid groups (broad SMARTS) is 1. The fraction of sp³-hybridized carbons (Fsp3) is 0.302. The Hall–Kier alpha value is -10.8. The number of primary sulfonamides is 1. The number of aryl methyl sites for hydroxylation is 6. The van der Waals surface area contributed by atoms with Crippen LogP contribution >= 0.6 is 47.8 Å². The average Bonchev–Trinajstić information content (AvgIpc) is 1.62. The number of pyridine rings is 4. The highest BCUT2D eigenvalue weighted by Gasteiger charge is 2.57. The molecule has 0 aliphatic heterocycles. The van der Waals surface area contributed by atoms with Crippen LogP contribution in [0, 0.1) is 65.0 Å². The largest absolute Gasteiger partial charge is 0.493 e. The van der Waals surface area contributed by atoms with Crippen molar-refractivity contribution in [2.24, 2.45) is 17.0 Å². The van der Waals surface area contributed by atoms with E-state index in [2.05, 4.69) is 77.2 Å². The number of anilines is 2. The van der Waals surface area contributed by atoms with Crippen LogP contribution in [0.2, 0.25) is 0 Å². The summed E-state index contributed by atoms with van der Waals surface area (Å²) in [7, 11) is -17.7. The van der Waals surface area contributed by atoms with Crippen molar-refractivity contribution in [2.75, 3.05) is 24.7 Å². The van der Waals surface area contributed by atoms with Gasteiger partial charge in [-0.1, -0.05) is 82.3 Å². The van der Waals surface area contributed by atoms with Crippen LogP contribution in [0.3, 0.4) is 0 Å². The lowest BCUT2D eigenvalue weighted by molar-refractivity contribution is -0.147. The Balaban J connectivity index is 0.000000179. The third kappa shape index (κ3) is 28.9. The molecule has 0 unspecified atom stereocenters. The number of hydrogen-bond donors (Lipinski definition) is 9. The summed E-state index contributed by atoms with van der Waals surface area (Å²) < 4.78 is 166. The summed E-state index contributed by atoms with van der Waals surface area (Å²) in [5, 5.41) is 30.6. The van der Waals surface area contributed by atoms with Gasteiger partial charge in [0.05, 0.1) is 26.6 Å². The number of carbonyl (C=O) groups is 4. The van der Waals surface area contributed by atoms with Crippen molar-refractivity contribution >= 4 is 136 Å². The monoisotopic (exact) mass is 2020 g/mol. The molecule has 0 bridgehead atoms. The molecule has 4 heterocycles. The summed E-state index contributed by atoms with van der Waals surface area (Å²) in [4.78, 5) is 64.2. The van der Waals surface area contributed by atoms with Gasteiger partial charge in [-0.15, -0.1) is 0 Å². The first-order valence-corrected chi connectivity index (χ1v) is 47.5. The summed E-state index contributed by atoms with van der Waals surface area (Å²) >= 11 is 10.1. The average molecular weight is 2020 g/mol. The smallest absolute Gasteiger partial charge is 0.488 e. The van der Waals surface area contributed by atoms with Crippen molar-refractivity contribution in [1.82, 2.24) is 34.1 Å². The molecule has 14 rings (SSSR count). The predicted octanol–water partition coefficient (Wildman–Crippen LogP) is 12.6. The van der Waals surface area contributed by atoms with Crippen molar-refractivity contribution < 1.29 is 105 Å². The number of hydrogen-bond acceptors (Lipinski definition) is 26. The van der Waals surface area contributed by atoms with E-state index < -0.39 is 105 Å². The van der Waals surface area contributed by atoms with Crippen LogP contribution in [0.15, 0.2) is 216 Å². The van der Waals surface area contributed by atoms with Gasteiger partial charge in [-0.25, -0.2) is 61.2 Å². The Kier molecular flexibility index (Phi) is 33.1. The van der Waals surface area contributed by atoms with Gasteiger partial charge in [-0.05, 0) is 250 Å². The molecule has 0 radical (unpaired) electrons. The zero-order chi connectivity index (χ0) is 93.5. The topological polar surface area (TPSA) is 487 Å². The summed E-state index contributed by atoms with van der Waals surface area (Å²) in [5.74, 6) is -0.797. The van der Waals surface area contributed by atoms with E-state index >= 15 is 0 Å². The van der Waals surface area contributed by atoms with Gasteiger partial charge in [0.25, 0.3) is 57.8 Å². The standard InChI is InChI=1S/C26H28FN3O5S.C17H17BrN2O4S.C16H16BrN3O4S.C11H11BrO3.C10H14BFO3.C6H8N2O2S/c1-16(2)15-34-20-13-18(12-19(27)14-20)21-8-7-17(3)11-22(21)35-26(9-10-26)25(31)30-36(32,33)24-6-4-5-23(28)29-24;1-11-6-7-13(18)14(10-11)24-17(8-9-17)16(21)20-25(22,23)15-5-3-4-12(2)19-15;1-10-5-6-11(17)12(9-10)24-16(7-8-16)15(21)20-25(22,23)14-4-2-3-13(18)19-14;1-7-2-3-8(12)9(6-7)15-11(4-5-11)10(13)14;1-7(2)6-15-10-4-8(11(13)14)3-9(12)5-10;1-5-3-2-4-6(8-5)11(7,9)10/h4-8,11-14,16H,9-10,15H2,1-3H3,(H2,28,29)(H,30,31);3-7,10H,8-9H2,1-2H3,(H,20,21);2-6,9H,7-8H2,1H3,(H2,18,19)(H,20,21);2-3,6H,4-5H2,1H3,(H,13,14);3-5,7,13-14H,6H2,1-2H3;2-4H,1H3,(H2,7,9,10). The first-order valence-electron chi connectivity index (χ1n) is 39.1. The Morgan fingerprint density at radius 2 is 0.756 bits per heavy atom. The van der Waals surface area contributed by atoms with E-state index in [9.17, 15) is 61.6 Å². The van der Waals surface area contributed by atoms with E-state index in [-0.39, 0.29) is 43.1 Å². The number of benzene rings is 6. The lowest BCUT2D eigenvalue weighted by Gasteiger charge is -2.21. The van der Waals surface area contributed by atoms with Gasteiger partial charge in [-0.3, -0.25) is 14.4 Å². The predicted molar refractivity (Wildman–Crippen MR) is 481 cm³/mol. The molecule has 12 N–H and O–H groups in total. The number of ether oxygens (including phenoxy) is 6. The molecule has 676 valence electrons. The number of carboxylic acids is 1. The van der Waals surface area contributed by atoms with Crippen LogP contribution in [-0.4, -0.2) is 135 Å². The van der Waals surface area contributed by atoms with Crippen LogP contribution < -0.4 is 64.7 Å². The number of carbonyl (C=O) groups excluding carboxylic acids is 3. The number of rotatable bonds is 27. The molecule has 10 aromatic rings. The molecule has 31 nitrogen and oxygen atoms in total. The van der Waals surface area contributed by atoms with Crippen LogP contribution in [-0.2, 0) is 59.3 Å². The molecule has 4 saturated carbocycles. The SMILES string of the molecule is CC(C)COc1cc(F)cc(B(O)O)c1.Cc1ccc(-c2cc(F)cc(OCC(C)C)c2)c(OC2(C(=O)NS(=O)(=O)c3cccc(N)n3)CC2)c1.Cc1ccc(Br)c(OC2(C(=O)NS(=O)(=O)c3cccc(C)n3)CC2)c1.Cc1ccc(Br)c(OC2(C(=O)NS(=O)(=O)c3cccc(N)n3)CC2)c1.Cc1ccc(Br)c(OC2(C(=O)O)CC2)c1.Cc1cccc(S(N)(=O)=O)n1. The van der Waals surface area contributed by atoms with Crippen LogP contribution in [0.1, 0.15) is 113 Å². The molecule has 127 heavy (non-hydrogen) atoms. The molecule has 4 aromatic heterocycles. The van der Waals surface area contributed by atoms with Crippen LogP contribution in [0.25, 0.3) is 11.1 Å². The Labute approximate surface area is 760 Å². The second-order valence-electron chi connectivity index (χ2n) is 31.1. The quantitative estimate of drug-likeness (QED) is 0.0216. The maximum absolute atomic E-state index is 14.4. The van der Waals surface area contributed by atoms with Gasteiger partial charge >= 0.3 is 13.1 Å². The molecule has 0 spiro atoms. The number of nitrogens with zero attached hydrogens (tertiary/aromatic N) is 4. The van der Waals surface area contributed by atoms with Gasteiger partial charge in [0, 0.05) is 80.5 Å². The number of aromatic nitrogens is 4. The number of nitrogens with two attached hydrogens (primary N) is 3. The molecule has 4 aliphatic carbocycles. The zero-order valence-corrected chi connectivity index (χ0v) is 78.4. The lowest BCUT2D eigenvalue weighted by atomic mass is 9.80. The minimum Gasteiger partial charge on any atom is -0.493 e. The van der Waals surface area contributed by atoms with Gasteiger partial charge in [-0.2, -0.15) is 25.3 Å². The fourth-order valence-electron chi connectivity index (χ4n) is 11.3. The molecule has 4 fully saturated rings. The summed E-state index contributed by atoms with van der Waals surface area (Å²) in [5.41, 5.74) is 12.6. The Morgan fingerprint density at radius 1 is 0.433 bits per heavy atom. The number of amides is 3. The van der Waals surface area contributed by atoms with Crippen molar-refractivity contribution in [3.8, 4) is 45.6 Å². The number of halogens is 5. The van der Waals surface area contributed by atoms with E-state index in [0.29, 0.717) is 136 Å². The summed E-state index contributed by atoms with van der Waals surface area (Å²) in [6, 6.07) is 47.7. The van der Waals surface area contributed by atoms with Gasteiger partial charge in [0.1, 0.15) is 57.8 Å². The maximum atomic E-state index is 14.4. The highest BCUT2D eigenvalue weighted by molar-refractivity contribution is 9.11. The Bertz CT molecular complexity index is 6060. The van der Waals surface area contributed by atoms with E-state index in [1.807, 2.05) is 109 Å². The summed E-state index contributed by atoms with van der Waals surface area (Å²) in [6.45, 7) is 19.8. The number of aliphatic carboxylic acids is 1. The minimum atomic E-state index is -4.25. The van der Waals surface area contributed by atoms with E-state index in [1.165, 1.54) is 72.8 Å². The van der Waals surface area contributed by atoms with Crippen molar-refractivity contribution in [3.05, 3.63) is 241 Å². The van der Waals surface area contributed by atoms with Gasteiger partial charge < -0.3 is 55.0 Å². The molecule has 4 aliphatic rings. The lowest BCUT2D eigenvalue weighted by Crippen LogP contribution is -2.43. The molecular formula is C86H94BBr3F2N10O21S4. The van der Waals surface area contributed by atoms with E-state index in [1.54, 1.807) is 68.4 Å². The second-order valence-corrected chi connectivity index (χ2v) is 40.0. The van der Waals surface area contributed by atoms with Crippen molar-refractivity contribution in [3.63, 3.8) is 0 Å². The number of nitrogens with one attached hydrogen (secondary N) is 3. The first kappa shape index (κ1) is 100. The minimum absolute atomic E-state index is 0.0129. The first-order chi connectivity index (χ1) is 59.4. The number of nitrogen functional groups attached to an aromatic ring is 2. The van der Waals surface area contributed by atoms with E-state index in [0.717, 1.165) is 32.8 Å². The molecule has 6 aromatic carbocycles. The van der Waals surface area contributed by atoms with Gasteiger partial charge in [0.2, 0.25) is 5.60 Å². The summed E-state index contributed by atoms with van der Waals surface area (Å²) in [6.07, 6.45) is 3.57. The fourth-order valence-corrected chi connectivity index (χ4v) is 15.9. The van der Waals surface area contributed by atoms with Crippen molar-refractivity contribution in [2.45, 2.75) is 163 Å². The molecular weight excluding hydrogens is 1930 g/mol. The highest BCUT2D eigenvalue weighted by Crippen LogP contribution is 2.48. The van der Waals surface area contributed by atoms with E-state index in [4.69, 9.17) is 60.2 Å². The molecule has 41 heteroatoms. The van der Waals surface area contributed by atoms with Crippen molar-refractivity contribution in [1.29, 1.82) is 0 Å². The molecule has 0 atom stereocenters.